The first-order valence-corrected chi connectivity index (χ1v) is 12.6. The number of fused-ring (bicyclic) bond motifs is 5. The molecule has 0 aromatic heterocycles. The van der Waals surface area contributed by atoms with Gasteiger partial charge in [0.25, 0.3) is 0 Å². The number of ketones is 1. The first-order chi connectivity index (χ1) is 15.6. The molecule has 4 rings (SSSR count). The van der Waals surface area contributed by atoms with Crippen molar-refractivity contribution in [2.75, 3.05) is 14.2 Å². The van der Waals surface area contributed by atoms with Crippen LogP contribution in [0.4, 0.5) is 0 Å². The van der Waals surface area contributed by atoms with Crippen LogP contribution in [0, 0.1) is 34.5 Å². The minimum atomic E-state index is -0.812. The lowest BCUT2D eigenvalue weighted by Crippen LogP contribution is -2.51. The molecule has 0 spiro atoms. The first-order valence-electron chi connectivity index (χ1n) is 12.6. The average Bonchev–Trinajstić information content (AvgIpc) is 3.14. The third-order valence-corrected chi connectivity index (χ3v) is 9.92. The van der Waals surface area contributed by atoms with Crippen LogP contribution in [-0.2, 0) is 28.6 Å². The van der Waals surface area contributed by atoms with Crippen molar-refractivity contribution in [1.82, 2.24) is 0 Å². The van der Waals surface area contributed by atoms with Crippen molar-refractivity contribution in [3.8, 4) is 0 Å². The summed E-state index contributed by atoms with van der Waals surface area (Å²) >= 11 is 0. The molecule has 0 heterocycles. The van der Waals surface area contributed by atoms with Crippen LogP contribution in [0.2, 0.25) is 0 Å². The summed E-state index contributed by atoms with van der Waals surface area (Å²) in [7, 11) is 2.79. The van der Waals surface area contributed by atoms with Gasteiger partial charge in [0, 0.05) is 32.8 Å². The first kappa shape index (κ1) is 24.4. The Balaban J connectivity index is 1.50. The molecular formula is C27H40O6. The smallest absolute Gasteiger partial charge is 0.335 e. The number of hydrogen-bond donors (Lipinski definition) is 0. The largest absolute Gasteiger partial charge is 0.467 e. The lowest BCUT2D eigenvalue weighted by atomic mass is 9.47. The number of methoxy groups -OCH3 is 2. The molecule has 6 heteroatoms. The van der Waals surface area contributed by atoms with Gasteiger partial charge >= 0.3 is 11.9 Å². The molecule has 0 aliphatic heterocycles. The van der Waals surface area contributed by atoms with E-state index in [0.29, 0.717) is 17.8 Å². The maximum absolute atomic E-state index is 13.3. The lowest BCUT2D eigenvalue weighted by molar-refractivity contribution is -0.155. The summed E-state index contributed by atoms with van der Waals surface area (Å²) in [5.41, 5.74) is 1.65. The number of rotatable bonds is 6. The van der Waals surface area contributed by atoms with Crippen LogP contribution >= 0.6 is 0 Å². The van der Waals surface area contributed by atoms with Crippen molar-refractivity contribution < 1.29 is 28.6 Å². The topological polar surface area (TPSA) is 78.9 Å². The normalized spacial score (nSPS) is 40.5. The van der Waals surface area contributed by atoms with Crippen molar-refractivity contribution in [3.05, 3.63) is 11.6 Å². The van der Waals surface area contributed by atoms with E-state index in [-0.39, 0.29) is 41.0 Å². The average molecular weight is 461 g/mol. The monoisotopic (exact) mass is 460 g/mol. The van der Waals surface area contributed by atoms with Gasteiger partial charge in [-0.15, -0.1) is 0 Å². The zero-order chi connectivity index (χ0) is 24.0. The quantitative estimate of drug-likeness (QED) is 0.424. The van der Waals surface area contributed by atoms with Gasteiger partial charge < -0.3 is 14.2 Å². The maximum atomic E-state index is 13.3. The highest BCUT2D eigenvalue weighted by Gasteiger charge is 2.60. The summed E-state index contributed by atoms with van der Waals surface area (Å²) in [6.45, 7) is 6.25. The summed E-state index contributed by atoms with van der Waals surface area (Å²) in [5.74, 6) is 1.24. The molecule has 0 N–H and O–H groups in total. The van der Waals surface area contributed by atoms with E-state index in [1.54, 1.807) is 0 Å². The Morgan fingerprint density at radius 1 is 1.06 bits per heavy atom. The van der Waals surface area contributed by atoms with Crippen molar-refractivity contribution >= 4 is 17.7 Å². The third-order valence-electron chi connectivity index (χ3n) is 9.92. The number of carbonyl (C=O) groups is 3. The number of esters is 2. The van der Waals surface area contributed by atoms with Crippen LogP contribution in [-0.4, -0.2) is 44.1 Å². The number of carbonyl (C=O) groups excluding carboxylic acids is 3. The molecule has 4 aliphatic carbocycles. The number of Topliss-reactive ketones (excluding diaryl/α,β-unsaturated/α-hetero) is 1. The molecule has 0 bridgehead atoms. The molecular weight excluding hydrogens is 420 g/mol. The Morgan fingerprint density at radius 3 is 2.48 bits per heavy atom. The van der Waals surface area contributed by atoms with E-state index < -0.39 is 12.1 Å². The van der Waals surface area contributed by atoms with E-state index in [1.807, 2.05) is 0 Å². The Kier molecular flexibility index (Phi) is 6.78. The molecule has 3 saturated carbocycles. The summed E-state index contributed by atoms with van der Waals surface area (Å²) in [4.78, 5) is 36.8. The van der Waals surface area contributed by atoms with E-state index in [2.05, 4.69) is 19.9 Å². The highest BCUT2D eigenvalue weighted by Crippen LogP contribution is 2.66. The second-order valence-electron chi connectivity index (χ2n) is 11.3. The van der Waals surface area contributed by atoms with Crippen LogP contribution < -0.4 is 0 Å². The summed E-state index contributed by atoms with van der Waals surface area (Å²) < 4.78 is 15.6. The SMILES string of the molecule is COC(=O)C(CC(=O)C1CCC2C3CC=C4CC(OC(C)=O)CCC4(C)C3CCC12C)OC. The molecule has 33 heavy (non-hydrogen) atoms. The van der Waals surface area contributed by atoms with Crippen molar-refractivity contribution in [1.29, 1.82) is 0 Å². The highest BCUT2D eigenvalue weighted by atomic mass is 16.6. The Labute approximate surface area is 197 Å². The zero-order valence-corrected chi connectivity index (χ0v) is 20.9. The molecule has 4 aliphatic rings. The van der Waals surface area contributed by atoms with Gasteiger partial charge in [-0.1, -0.05) is 25.5 Å². The number of allylic oxidation sites excluding steroid dienone is 1. The Bertz CT molecular complexity index is 832. The van der Waals surface area contributed by atoms with E-state index in [0.717, 1.165) is 51.4 Å². The van der Waals surface area contributed by atoms with E-state index in [1.165, 1.54) is 26.7 Å². The van der Waals surface area contributed by atoms with Gasteiger partial charge in [0.1, 0.15) is 11.9 Å². The third kappa shape index (κ3) is 4.17. The molecule has 0 radical (unpaired) electrons. The molecule has 0 aromatic rings. The minimum Gasteiger partial charge on any atom is -0.467 e. The zero-order valence-electron chi connectivity index (χ0n) is 20.9. The van der Waals surface area contributed by atoms with E-state index >= 15 is 0 Å². The summed E-state index contributed by atoms with van der Waals surface area (Å²) in [6, 6.07) is 0. The molecule has 8 atom stereocenters. The molecule has 0 saturated heterocycles. The predicted molar refractivity (Wildman–Crippen MR) is 123 cm³/mol. The predicted octanol–water partition coefficient (Wildman–Crippen LogP) is 4.64. The van der Waals surface area contributed by atoms with Crippen molar-refractivity contribution in [2.45, 2.75) is 90.8 Å². The van der Waals surface area contributed by atoms with Gasteiger partial charge in [-0.05, 0) is 73.5 Å². The minimum absolute atomic E-state index is 0.0105. The van der Waals surface area contributed by atoms with Gasteiger partial charge in [-0.2, -0.15) is 0 Å². The Hall–Kier alpha value is -1.69. The molecule has 3 fully saturated rings. The van der Waals surface area contributed by atoms with Crippen molar-refractivity contribution in [2.24, 2.45) is 34.5 Å². The van der Waals surface area contributed by atoms with Gasteiger partial charge in [0.05, 0.1) is 7.11 Å². The number of ether oxygens (including phenoxy) is 3. The molecule has 0 amide bonds. The number of hydrogen-bond acceptors (Lipinski definition) is 6. The van der Waals surface area contributed by atoms with E-state index in [9.17, 15) is 14.4 Å². The fraction of sp³-hybridized carbons (Fsp3) is 0.815. The van der Waals surface area contributed by atoms with Gasteiger partial charge in [0.15, 0.2) is 6.10 Å². The summed E-state index contributed by atoms with van der Waals surface area (Å²) in [5, 5.41) is 0. The van der Waals surface area contributed by atoms with Crippen LogP contribution in [0.15, 0.2) is 11.6 Å². The van der Waals surface area contributed by atoms with E-state index in [4.69, 9.17) is 14.2 Å². The maximum Gasteiger partial charge on any atom is 0.335 e. The van der Waals surface area contributed by atoms with Gasteiger partial charge in [-0.3, -0.25) is 9.59 Å². The van der Waals surface area contributed by atoms with Crippen molar-refractivity contribution in [3.63, 3.8) is 0 Å². The second kappa shape index (κ2) is 9.16. The molecule has 6 nitrogen and oxygen atoms in total. The fourth-order valence-corrected chi connectivity index (χ4v) is 8.21. The van der Waals surface area contributed by atoms with Crippen LogP contribution in [0.25, 0.3) is 0 Å². The summed E-state index contributed by atoms with van der Waals surface area (Å²) in [6.07, 6.45) is 9.86. The van der Waals surface area contributed by atoms with Crippen LogP contribution in [0.5, 0.6) is 0 Å². The van der Waals surface area contributed by atoms with Gasteiger partial charge in [0.2, 0.25) is 0 Å². The molecule has 0 aromatic carbocycles. The second-order valence-corrected chi connectivity index (χ2v) is 11.3. The standard InChI is InChI=1S/C27H40O6/c1-16(28)33-18-10-12-26(2)17(14-18)6-7-19-20-8-9-22(27(20,3)13-11-21(19)26)23(29)15-24(31-4)25(30)32-5/h6,18-22,24H,7-15H2,1-5H3. The van der Waals surface area contributed by atoms with Crippen LogP contribution in [0.1, 0.15) is 78.6 Å². The molecule has 184 valence electrons. The molecule has 8 unspecified atom stereocenters. The van der Waals surface area contributed by atoms with Gasteiger partial charge in [-0.25, -0.2) is 4.79 Å². The Morgan fingerprint density at radius 2 is 1.82 bits per heavy atom. The fourth-order valence-electron chi connectivity index (χ4n) is 8.21. The highest BCUT2D eigenvalue weighted by molar-refractivity contribution is 5.88. The van der Waals surface area contributed by atoms with Crippen LogP contribution in [0.3, 0.4) is 0 Å². The lowest BCUT2D eigenvalue weighted by Gasteiger charge is -2.58.